The van der Waals surface area contributed by atoms with Crippen molar-refractivity contribution < 1.29 is 9.84 Å². The van der Waals surface area contributed by atoms with E-state index in [2.05, 4.69) is 14.9 Å². The van der Waals surface area contributed by atoms with Gasteiger partial charge in [-0.25, -0.2) is 9.97 Å². The monoisotopic (exact) mass is 285 g/mol. The Balaban J connectivity index is 2.32. The molecule has 106 valence electrons. The number of aliphatic hydroxyl groups is 1. The summed E-state index contributed by atoms with van der Waals surface area (Å²) in [5.74, 6) is 1.83. The average Bonchev–Trinajstić information content (AvgIpc) is 2.41. The SMILES string of the molecule is Cc1c(Cl)nc(C(C)C)nc1N1CCOC(CO)C1. The zero-order valence-electron chi connectivity index (χ0n) is 11.6. The lowest BCUT2D eigenvalue weighted by atomic mass is 10.2. The van der Waals surface area contributed by atoms with Gasteiger partial charge in [0.05, 0.1) is 19.3 Å². The maximum absolute atomic E-state index is 9.21. The highest BCUT2D eigenvalue weighted by Crippen LogP contribution is 2.27. The Labute approximate surface area is 118 Å². The Kier molecular flexibility index (Phi) is 4.60. The van der Waals surface area contributed by atoms with E-state index in [4.69, 9.17) is 16.3 Å². The first kappa shape index (κ1) is 14.5. The first-order valence-corrected chi connectivity index (χ1v) is 6.92. The minimum absolute atomic E-state index is 0.0192. The van der Waals surface area contributed by atoms with Crippen molar-refractivity contribution in [2.24, 2.45) is 0 Å². The van der Waals surface area contributed by atoms with Crippen molar-refractivity contribution in [3.8, 4) is 0 Å². The zero-order chi connectivity index (χ0) is 14.0. The standard InChI is InChI=1S/C13H20ClN3O2/c1-8(2)12-15-11(14)9(3)13(16-12)17-4-5-19-10(6-17)7-18/h8,10,18H,4-7H2,1-3H3. The lowest BCUT2D eigenvalue weighted by Crippen LogP contribution is -2.44. The molecule has 0 saturated carbocycles. The van der Waals surface area contributed by atoms with Gasteiger partial charge in [0.1, 0.15) is 16.8 Å². The molecule has 0 aromatic carbocycles. The van der Waals surface area contributed by atoms with Gasteiger partial charge >= 0.3 is 0 Å². The van der Waals surface area contributed by atoms with Crippen LogP contribution in [0.3, 0.4) is 0 Å². The maximum atomic E-state index is 9.21. The number of aliphatic hydroxyl groups excluding tert-OH is 1. The largest absolute Gasteiger partial charge is 0.394 e. The fourth-order valence-electron chi connectivity index (χ4n) is 2.08. The van der Waals surface area contributed by atoms with Gasteiger partial charge in [0.25, 0.3) is 0 Å². The van der Waals surface area contributed by atoms with Crippen LogP contribution >= 0.6 is 11.6 Å². The van der Waals surface area contributed by atoms with Gasteiger partial charge in [0, 0.05) is 24.6 Å². The van der Waals surface area contributed by atoms with Gasteiger partial charge in [-0.1, -0.05) is 25.4 Å². The van der Waals surface area contributed by atoms with Gasteiger partial charge < -0.3 is 14.7 Å². The molecule has 1 aliphatic rings. The van der Waals surface area contributed by atoms with Gasteiger partial charge in [0.15, 0.2) is 0 Å². The average molecular weight is 286 g/mol. The fourth-order valence-corrected chi connectivity index (χ4v) is 2.25. The molecule has 1 atom stereocenters. The van der Waals surface area contributed by atoms with E-state index in [0.717, 1.165) is 23.8 Å². The first-order chi connectivity index (χ1) is 9.02. The second-order valence-corrected chi connectivity index (χ2v) is 5.46. The molecule has 2 heterocycles. The van der Waals surface area contributed by atoms with Crippen LogP contribution < -0.4 is 4.90 Å². The number of hydrogen-bond acceptors (Lipinski definition) is 5. The van der Waals surface area contributed by atoms with E-state index < -0.39 is 0 Å². The van der Waals surface area contributed by atoms with E-state index >= 15 is 0 Å². The minimum atomic E-state index is -0.163. The number of rotatable bonds is 3. The Hall–Kier alpha value is -0.910. The molecule has 1 unspecified atom stereocenters. The fraction of sp³-hybridized carbons (Fsp3) is 0.692. The van der Waals surface area contributed by atoms with E-state index in [0.29, 0.717) is 18.3 Å². The quantitative estimate of drug-likeness (QED) is 0.858. The molecule has 0 radical (unpaired) electrons. The normalized spacial score (nSPS) is 20.1. The van der Waals surface area contributed by atoms with Crippen LogP contribution in [0.25, 0.3) is 0 Å². The van der Waals surface area contributed by atoms with E-state index in [1.165, 1.54) is 0 Å². The predicted octanol–water partition coefficient (Wildman–Crippen LogP) is 1.76. The summed E-state index contributed by atoms with van der Waals surface area (Å²) in [5, 5.41) is 9.71. The van der Waals surface area contributed by atoms with Crippen LogP contribution in [0.2, 0.25) is 5.15 Å². The Morgan fingerprint density at radius 1 is 1.47 bits per heavy atom. The number of aromatic nitrogens is 2. The van der Waals surface area contributed by atoms with Crippen LogP contribution in [-0.2, 0) is 4.74 Å². The van der Waals surface area contributed by atoms with Gasteiger partial charge in [-0.15, -0.1) is 0 Å². The topological polar surface area (TPSA) is 58.5 Å². The third-order valence-corrected chi connectivity index (χ3v) is 3.60. The van der Waals surface area contributed by atoms with Crippen molar-refractivity contribution in [3.63, 3.8) is 0 Å². The summed E-state index contributed by atoms with van der Waals surface area (Å²) in [4.78, 5) is 11.0. The predicted molar refractivity (Wildman–Crippen MR) is 74.9 cm³/mol. The molecule has 1 aromatic heterocycles. The van der Waals surface area contributed by atoms with Crippen molar-refractivity contribution in [2.45, 2.75) is 32.8 Å². The Morgan fingerprint density at radius 2 is 2.21 bits per heavy atom. The minimum Gasteiger partial charge on any atom is -0.394 e. The van der Waals surface area contributed by atoms with Crippen molar-refractivity contribution in [1.29, 1.82) is 0 Å². The second-order valence-electron chi connectivity index (χ2n) is 5.10. The molecule has 1 aliphatic heterocycles. The number of morpholine rings is 1. The maximum Gasteiger partial charge on any atom is 0.137 e. The highest BCUT2D eigenvalue weighted by Gasteiger charge is 2.24. The van der Waals surface area contributed by atoms with Crippen molar-refractivity contribution in [3.05, 3.63) is 16.5 Å². The molecule has 0 spiro atoms. The third kappa shape index (κ3) is 3.16. The molecule has 1 saturated heterocycles. The lowest BCUT2D eigenvalue weighted by Gasteiger charge is -2.34. The summed E-state index contributed by atoms with van der Waals surface area (Å²) in [6.07, 6.45) is -0.163. The molecular formula is C13H20ClN3O2. The molecule has 2 rings (SSSR count). The van der Waals surface area contributed by atoms with Gasteiger partial charge in [0.2, 0.25) is 0 Å². The second kappa shape index (κ2) is 6.03. The van der Waals surface area contributed by atoms with Crippen molar-refractivity contribution in [1.82, 2.24) is 9.97 Å². The van der Waals surface area contributed by atoms with E-state index in [1.54, 1.807) is 0 Å². The molecule has 0 bridgehead atoms. The van der Waals surface area contributed by atoms with Crippen molar-refractivity contribution >= 4 is 17.4 Å². The smallest absolute Gasteiger partial charge is 0.137 e. The molecule has 1 aromatic rings. The number of nitrogens with zero attached hydrogens (tertiary/aromatic N) is 3. The summed E-state index contributed by atoms with van der Waals surface area (Å²) >= 11 is 6.19. The van der Waals surface area contributed by atoms with Gasteiger partial charge in [-0.2, -0.15) is 0 Å². The number of anilines is 1. The molecule has 1 N–H and O–H groups in total. The number of halogens is 1. The van der Waals surface area contributed by atoms with Crippen LogP contribution in [0.15, 0.2) is 0 Å². The van der Waals surface area contributed by atoms with Crippen LogP contribution in [-0.4, -0.2) is 47.5 Å². The van der Waals surface area contributed by atoms with E-state index in [1.807, 2.05) is 20.8 Å². The van der Waals surface area contributed by atoms with Gasteiger partial charge in [-0.3, -0.25) is 0 Å². The summed E-state index contributed by atoms with van der Waals surface area (Å²) in [7, 11) is 0. The molecule has 1 fully saturated rings. The van der Waals surface area contributed by atoms with Crippen molar-refractivity contribution in [2.75, 3.05) is 31.2 Å². The van der Waals surface area contributed by atoms with Crippen LogP contribution in [0, 0.1) is 6.92 Å². The van der Waals surface area contributed by atoms with Gasteiger partial charge in [-0.05, 0) is 6.92 Å². The molecule has 0 amide bonds. The lowest BCUT2D eigenvalue weighted by molar-refractivity contribution is 0.00331. The number of hydrogen-bond donors (Lipinski definition) is 1. The number of ether oxygens (including phenoxy) is 1. The summed E-state index contributed by atoms with van der Waals surface area (Å²) in [6.45, 7) is 7.99. The summed E-state index contributed by atoms with van der Waals surface area (Å²) in [6, 6.07) is 0. The molecule has 6 heteroatoms. The first-order valence-electron chi connectivity index (χ1n) is 6.54. The zero-order valence-corrected chi connectivity index (χ0v) is 12.3. The molecule has 19 heavy (non-hydrogen) atoms. The summed E-state index contributed by atoms with van der Waals surface area (Å²) in [5.41, 5.74) is 0.879. The highest BCUT2D eigenvalue weighted by molar-refractivity contribution is 6.30. The van der Waals surface area contributed by atoms with E-state index in [-0.39, 0.29) is 18.6 Å². The van der Waals surface area contributed by atoms with Crippen LogP contribution in [0.4, 0.5) is 5.82 Å². The molecule has 5 nitrogen and oxygen atoms in total. The molecular weight excluding hydrogens is 266 g/mol. The highest BCUT2D eigenvalue weighted by atomic mass is 35.5. The third-order valence-electron chi connectivity index (χ3n) is 3.24. The Bertz CT molecular complexity index is 454. The van der Waals surface area contributed by atoms with E-state index in [9.17, 15) is 5.11 Å². The van der Waals surface area contributed by atoms with Crippen LogP contribution in [0.5, 0.6) is 0 Å². The van der Waals surface area contributed by atoms with Crippen LogP contribution in [0.1, 0.15) is 31.2 Å². The molecule has 0 aliphatic carbocycles. The Morgan fingerprint density at radius 3 is 2.84 bits per heavy atom. The summed E-state index contributed by atoms with van der Waals surface area (Å²) < 4.78 is 5.46.